The van der Waals surface area contributed by atoms with Gasteiger partial charge in [0.05, 0.1) is 5.75 Å². The van der Waals surface area contributed by atoms with E-state index < -0.39 is 5.97 Å². The summed E-state index contributed by atoms with van der Waals surface area (Å²) in [7, 11) is 0. The van der Waals surface area contributed by atoms with E-state index in [1.165, 1.54) is 25.3 Å². The van der Waals surface area contributed by atoms with Crippen molar-refractivity contribution in [3.63, 3.8) is 0 Å². The lowest BCUT2D eigenvalue weighted by Crippen LogP contribution is -2.34. The fraction of sp³-hybridized carbons (Fsp3) is 0.615. The van der Waals surface area contributed by atoms with E-state index in [2.05, 4.69) is 11.9 Å². The highest BCUT2D eigenvalue weighted by atomic mass is 32.2. The Bertz CT molecular complexity index is 517. The van der Waals surface area contributed by atoms with Crippen LogP contribution in [0.1, 0.15) is 32.6 Å². The molecule has 0 radical (unpaired) electrons. The summed E-state index contributed by atoms with van der Waals surface area (Å²) < 4.78 is 1.93. The second-order valence-electron chi connectivity index (χ2n) is 5.07. The molecule has 0 aromatic carbocycles. The van der Waals surface area contributed by atoms with E-state index in [-0.39, 0.29) is 11.3 Å². The maximum atomic E-state index is 11.3. The third-order valence-electron chi connectivity index (χ3n) is 3.84. The highest BCUT2D eigenvalue weighted by Gasteiger charge is 2.35. The average Bonchev–Trinajstić information content (AvgIpc) is 2.33. The fourth-order valence-electron chi connectivity index (χ4n) is 2.44. The van der Waals surface area contributed by atoms with Crippen LogP contribution in [0.25, 0.3) is 0 Å². The molecule has 1 saturated carbocycles. The third kappa shape index (κ3) is 3.37. The number of hydrogen-bond donors (Lipinski definition) is 1. The van der Waals surface area contributed by atoms with Gasteiger partial charge in [-0.15, -0.1) is 0 Å². The van der Waals surface area contributed by atoms with Crippen molar-refractivity contribution in [1.82, 2.24) is 9.55 Å². The monoisotopic (exact) mass is 282 g/mol. The molecule has 1 aromatic heterocycles. The van der Waals surface area contributed by atoms with Crippen LogP contribution in [0.2, 0.25) is 0 Å². The van der Waals surface area contributed by atoms with Crippen molar-refractivity contribution in [2.45, 2.75) is 44.3 Å². The van der Waals surface area contributed by atoms with Crippen molar-refractivity contribution >= 4 is 17.7 Å². The van der Waals surface area contributed by atoms with Gasteiger partial charge in [0, 0.05) is 18.8 Å². The zero-order valence-electron chi connectivity index (χ0n) is 11.0. The molecule has 0 unspecified atom stereocenters. The number of carboxylic acids is 1. The first-order valence-corrected chi connectivity index (χ1v) is 7.45. The van der Waals surface area contributed by atoms with Gasteiger partial charge < -0.3 is 9.67 Å². The molecule has 1 N–H and O–H groups in total. The van der Waals surface area contributed by atoms with Crippen molar-refractivity contribution in [2.24, 2.45) is 5.41 Å². The molecular formula is C13H18N2O3S. The lowest BCUT2D eigenvalue weighted by molar-refractivity contribution is -0.133. The van der Waals surface area contributed by atoms with Gasteiger partial charge >= 0.3 is 5.97 Å². The summed E-state index contributed by atoms with van der Waals surface area (Å²) >= 11 is 1.11. The summed E-state index contributed by atoms with van der Waals surface area (Å²) in [5, 5.41) is 9.24. The van der Waals surface area contributed by atoms with Gasteiger partial charge in [-0.2, -0.15) is 4.98 Å². The van der Waals surface area contributed by atoms with Crippen LogP contribution >= 0.6 is 11.8 Å². The number of thioether (sulfide) groups is 1. The molecule has 0 saturated heterocycles. The molecule has 0 spiro atoms. The predicted molar refractivity (Wildman–Crippen MR) is 73.4 cm³/mol. The smallest absolute Gasteiger partial charge is 0.313 e. The Morgan fingerprint density at radius 3 is 2.84 bits per heavy atom. The molecule has 1 fully saturated rings. The minimum atomic E-state index is -0.900. The fourth-order valence-corrected chi connectivity index (χ4v) is 3.13. The van der Waals surface area contributed by atoms with Crippen LogP contribution in [0.4, 0.5) is 0 Å². The Morgan fingerprint density at radius 1 is 1.58 bits per heavy atom. The normalized spacial score (nSPS) is 16.9. The van der Waals surface area contributed by atoms with E-state index in [9.17, 15) is 9.59 Å². The standard InChI is InChI=1S/C13H18N2O3S/c1-2-13(5-3-6-13)9-15-7-4-10(16)14-12(15)19-8-11(17)18/h4,7H,2-3,5-6,8-9H2,1H3,(H,17,18). The lowest BCUT2D eigenvalue weighted by Gasteiger charge is -2.42. The van der Waals surface area contributed by atoms with Gasteiger partial charge in [0.2, 0.25) is 0 Å². The van der Waals surface area contributed by atoms with Crippen molar-refractivity contribution in [3.8, 4) is 0 Å². The summed E-state index contributed by atoms with van der Waals surface area (Å²) in [4.78, 5) is 25.9. The van der Waals surface area contributed by atoms with Crippen molar-refractivity contribution in [3.05, 3.63) is 22.6 Å². The van der Waals surface area contributed by atoms with E-state index >= 15 is 0 Å². The summed E-state index contributed by atoms with van der Waals surface area (Å²) in [5.41, 5.74) is -0.0155. The number of rotatable bonds is 6. The Balaban J connectivity index is 2.18. The zero-order chi connectivity index (χ0) is 13.9. The van der Waals surface area contributed by atoms with E-state index in [0.717, 1.165) is 24.7 Å². The summed E-state index contributed by atoms with van der Waals surface area (Å²) in [6, 6.07) is 1.44. The molecule has 5 nitrogen and oxygen atoms in total. The van der Waals surface area contributed by atoms with E-state index in [1.807, 2.05) is 4.57 Å². The van der Waals surface area contributed by atoms with Crippen LogP contribution in [0, 0.1) is 5.41 Å². The zero-order valence-corrected chi connectivity index (χ0v) is 11.8. The van der Waals surface area contributed by atoms with Gasteiger partial charge in [-0.25, -0.2) is 0 Å². The SMILES string of the molecule is CCC1(Cn2ccc(=O)nc2SCC(=O)O)CCC1. The van der Waals surface area contributed by atoms with E-state index in [0.29, 0.717) is 10.6 Å². The molecule has 2 rings (SSSR count). The first-order chi connectivity index (χ1) is 9.04. The van der Waals surface area contributed by atoms with Crippen LogP contribution < -0.4 is 5.56 Å². The van der Waals surface area contributed by atoms with Gasteiger partial charge in [0.25, 0.3) is 5.56 Å². The first kappa shape index (κ1) is 14.1. The molecule has 1 aliphatic carbocycles. The molecule has 0 amide bonds. The van der Waals surface area contributed by atoms with Crippen molar-refractivity contribution in [2.75, 3.05) is 5.75 Å². The van der Waals surface area contributed by atoms with Crippen LogP contribution in [-0.2, 0) is 11.3 Å². The van der Waals surface area contributed by atoms with Crippen LogP contribution in [0.3, 0.4) is 0 Å². The largest absolute Gasteiger partial charge is 0.481 e. The van der Waals surface area contributed by atoms with Gasteiger partial charge in [-0.05, 0) is 24.7 Å². The molecule has 1 aromatic rings. The molecule has 1 heterocycles. The Morgan fingerprint density at radius 2 is 2.32 bits per heavy atom. The topological polar surface area (TPSA) is 72.2 Å². The molecule has 6 heteroatoms. The second-order valence-corrected chi connectivity index (χ2v) is 6.01. The van der Waals surface area contributed by atoms with Crippen LogP contribution in [0.15, 0.2) is 22.2 Å². The van der Waals surface area contributed by atoms with E-state index in [1.54, 1.807) is 6.20 Å². The van der Waals surface area contributed by atoms with Gasteiger partial charge in [-0.1, -0.05) is 25.1 Å². The lowest BCUT2D eigenvalue weighted by atomic mass is 9.67. The maximum Gasteiger partial charge on any atom is 0.313 e. The van der Waals surface area contributed by atoms with Crippen LogP contribution in [-0.4, -0.2) is 26.4 Å². The Labute approximate surface area is 116 Å². The minimum Gasteiger partial charge on any atom is -0.481 e. The third-order valence-corrected chi connectivity index (χ3v) is 4.82. The predicted octanol–water partition coefficient (Wildman–Crippen LogP) is 2.00. The number of carbonyl (C=O) groups is 1. The summed E-state index contributed by atoms with van der Waals surface area (Å²) in [5.74, 6) is -0.973. The minimum absolute atomic E-state index is 0.0738. The highest BCUT2D eigenvalue weighted by molar-refractivity contribution is 7.99. The molecule has 104 valence electrons. The number of carboxylic acid groups (broad SMARTS) is 1. The maximum absolute atomic E-state index is 11.3. The summed E-state index contributed by atoms with van der Waals surface area (Å²) in [6.45, 7) is 3.00. The molecule has 0 atom stereocenters. The Hall–Kier alpha value is -1.30. The van der Waals surface area contributed by atoms with Gasteiger partial charge in [0.15, 0.2) is 5.16 Å². The number of nitrogens with zero attached hydrogens (tertiary/aromatic N) is 2. The van der Waals surface area contributed by atoms with Gasteiger partial charge in [0.1, 0.15) is 0 Å². The second kappa shape index (κ2) is 5.77. The number of aliphatic carboxylic acids is 1. The van der Waals surface area contributed by atoms with Crippen LogP contribution in [0.5, 0.6) is 0 Å². The number of hydrogen-bond acceptors (Lipinski definition) is 4. The summed E-state index contributed by atoms with van der Waals surface area (Å²) in [6.07, 6.45) is 6.47. The van der Waals surface area contributed by atoms with Gasteiger partial charge in [-0.3, -0.25) is 9.59 Å². The average molecular weight is 282 g/mol. The first-order valence-electron chi connectivity index (χ1n) is 6.47. The highest BCUT2D eigenvalue weighted by Crippen LogP contribution is 2.45. The molecular weight excluding hydrogens is 264 g/mol. The molecule has 0 aliphatic heterocycles. The number of aromatic nitrogens is 2. The molecule has 0 bridgehead atoms. The van der Waals surface area contributed by atoms with Crippen molar-refractivity contribution < 1.29 is 9.90 Å². The molecule has 1 aliphatic rings. The van der Waals surface area contributed by atoms with E-state index in [4.69, 9.17) is 5.11 Å². The van der Waals surface area contributed by atoms with Crippen molar-refractivity contribution in [1.29, 1.82) is 0 Å². The quantitative estimate of drug-likeness (QED) is 0.638. The molecule has 19 heavy (non-hydrogen) atoms. The Kier molecular flexibility index (Phi) is 4.29.